The molecule has 1 atom stereocenters. The second-order valence-corrected chi connectivity index (χ2v) is 11.4. The molecule has 0 aromatic heterocycles. The number of nitrogens with zero attached hydrogens (tertiary/aromatic N) is 4. The quantitative estimate of drug-likeness (QED) is 0.495. The first-order chi connectivity index (χ1) is 20.2. The molecule has 4 aliphatic heterocycles. The lowest BCUT2D eigenvalue weighted by atomic mass is 9.95. The van der Waals surface area contributed by atoms with E-state index in [0.717, 1.165) is 62.2 Å². The number of carboxylic acids is 1. The number of amides is 4. The SMILES string of the molecule is O=C1CCC(N2C(=O)c3ccc(N4CCN(CC5CCN(c6ccc(C(=O)O)cc6F)CC5)CC4)cc3C2=O)C(=O)N1. The maximum atomic E-state index is 14.5. The molecular formula is C30H32FN5O6. The summed E-state index contributed by atoms with van der Waals surface area (Å²) in [5.41, 5.74) is 1.80. The van der Waals surface area contributed by atoms with Gasteiger partial charge >= 0.3 is 5.97 Å². The molecule has 2 aromatic rings. The minimum Gasteiger partial charge on any atom is -0.478 e. The van der Waals surface area contributed by atoms with Crippen LogP contribution in [0.15, 0.2) is 36.4 Å². The molecule has 2 N–H and O–H groups in total. The van der Waals surface area contributed by atoms with E-state index in [9.17, 15) is 28.4 Å². The van der Waals surface area contributed by atoms with Crippen molar-refractivity contribution in [2.75, 3.05) is 55.6 Å². The Morgan fingerprint density at radius 2 is 1.57 bits per heavy atom. The van der Waals surface area contributed by atoms with Gasteiger partial charge in [-0.2, -0.15) is 0 Å². The summed E-state index contributed by atoms with van der Waals surface area (Å²) in [6.45, 7) is 5.59. The molecule has 12 heteroatoms. The number of piperazine rings is 1. The van der Waals surface area contributed by atoms with Gasteiger partial charge in [0.15, 0.2) is 0 Å². The van der Waals surface area contributed by atoms with Crippen LogP contribution < -0.4 is 15.1 Å². The van der Waals surface area contributed by atoms with Gasteiger partial charge in [-0.3, -0.25) is 34.3 Å². The summed E-state index contributed by atoms with van der Waals surface area (Å²) in [4.78, 5) is 68.7. The van der Waals surface area contributed by atoms with Crippen molar-refractivity contribution in [1.82, 2.24) is 15.1 Å². The molecule has 220 valence electrons. The van der Waals surface area contributed by atoms with Crippen LogP contribution in [0.1, 0.15) is 56.8 Å². The lowest BCUT2D eigenvalue weighted by molar-refractivity contribution is -0.136. The monoisotopic (exact) mass is 577 g/mol. The van der Waals surface area contributed by atoms with Gasteiger partial charge in [-0.15, -0.1) is 0 Å². The predicted octanol–water partition coefficient (Wildman–Crippen LogP) is 1.96. The Balaban J connectivity index is 1.02. The van der Waals surface area contributed by atoms with E-state index >= 15 is 0 Å². The Morgan fingerprint density at radius 1 is 0.857 bits per heavy atom. The summed E-state index contributed by atoms with van der Waals surface area (Å²) in [5.74, 6) is -3.21. The summed E-state index contributed by atoms with van der Waals surface area (Å²) >= 11 is 0. The van der Waals surface area contributed by atoms with E-state index in [2.05, 4.69) is 15.1 Å². The number of piperidine rings is 2. The Labute approximate surface area is 241 Å². The van der Waals surface area contributed by atoms with Crippen molar-refractivity contribution in [3.63, 3.8) is 0 Å². The molecule has 0 aliphatic carbocycles. The second kappa shape index (κ2) is 11.2. The van der Waals surface area contributed by atoms with E-state index < -0.39 is 41.5 Å². The smallest absolute Gasteiger partial charge is 0.335 e. The van der Waals surface area contributed by atoms with E-state index in [1.54, 1.807) is 18.2 Å². The van der Waals surface area contributed by atoms with Crippen LogP contribution in [0.5, 0.6) is 0 Å². The third kappa shape index (κ3) is 5.22. The van der Waals surface area contributed by atoms with E-state index in [0.29, 0.717) is 24.7 Å². The van der Waals surface area contributed by atoms with Crippen molar-refractivity contribution in [2.24, 2.45) is 5.92 Å². The van der Waals surface area contributed by atoms with E-state index in [1.807, 2.05) is 11.0 Å². The highest BCUT2D eigenvalue weighted by Gasteiger charge is 2.44. The summed E-state index contributed by atoms with van der Waals surface area (Å²) in [5, 5.41) is 11.3. The second-order valence-electron chi connectivity index (χ2n) is 11.4. The number of anilines is 2. The number of halogens is 1. The molecular weight excluding hydrogens is 545 g/mol. The fourth-order valence-corrected chi connectivity index (χ4v) is 6.46. The number of nitrogens with one attached hydrogen (secondary N) is 1. The van der Waals surface area contributed by atoms with Crippen molar-refractivity contribution in [3.05, 3.63) is 58.9 Å². The maximum Gasteiger partial charge on any atom is 0.335 e. The largest absolute Gasteiger partial charge is 0.478 e. The molecule has 0 spiro atoms. The topological polar surface area (TPSA) is 131 Å². The number of hydrogen-bond acceptors (Lipinski definition) is 8. The number of aromatic carboxylic acids is 1. The van der Waals surface area contributed by atoms with Gasteiger partial charge in [0, 0.05) is 57.9 Å². The molecule has 3 fully saturated rings. The lowest BCUT2D eigenvalue weighted by Gasteiger charge is -2.40. The fraction of sp³-hybridized carbons (Fsp3) is 0.433. The Kier molecular flexibility index (Phi) is 7.40. The zero-order valence-electron chi connectivity index (χ0n) is 23.1. The van der Waals surface area contributed by atoms with Gasteiger partial charge in [-0.05, 0) is 61.6 Å². The molecule has 0 radical (unpaired) electrons. The van der Waals surface area contributed by atoms with Crippen molar-refractivity contribution in [1.29, 1.82) is 0 Å². The number of fused-ring (bicyclic) bond motifs is 1. The van der Waals surface area contributed by atoms with Crippen LogP contribution in [-0.2, 0) is 9.59 Å². The van der Waals surface area contributed by atoms with Crippen LogP contribution in [0.3, 0.4) is 0 Å². The maximum absolute atomic E-state index is 14.5. The third-order valence-electron chi connectivity index (χ3n) is 8.83. The van der Waals surface area contributed by atoms with Gasteiger partial charge in [0.25, 0.3) is 11.8 Å². The number of carbonyl (C=O) groups is 5. The summed E-state index contributed by atoms with van der Waals surface area (Å²) < 4.78 is 14.5. The first-order valence-corrected chi connectivity index (χ1v) is 14.3. The minimum absolute atomic E-state index is 0.0561. The Bertz CT molecular complexity index is 1460. The van der Waals surface area contributed by atoms with Crippen LogP contribution in [-0.4, -0.2) is 96.4 Å². The molecule has 4 aliphatic rings. The van der Waals surface area contributed by atoms with Crippen molar-refractivity contribution >= 4 is 41.0 Å². The van der Waals surface area contributed by atoms with Gasteiger partial charge < -0.3 is 14.9 Å². The molecule has 4 heterocycles. The first-order valence-electron chi connectivity index (χ1n) is 14.3. The van der Waals surface area contributed by atoms with Crippen LogP contribution in [0.4, 0.5) is 15.8 Å². The molecule has 1 unspecified atom stereocenters. The van der Waals surface area contributed by atoms with Crippen molar-refractivity contribution in [3.8, 4) is 0 Å². The number of rotatable bonds is 6. The van der Waals surface area contributed by atoms with Crippen LogP contribution in [0, 0.1) is 11.7 Å². The van der Waals surface area contributed by atoms with Gasteiger partial charge in [0.05, 0.1) is 22.4 Å². The highest BCUT2D eigenvalue weighted by atomic mass is 19.1. The number of carboxylic acid groups (broad SMARTS) is 1. The molecule has 0 saturated carbocycles. The summed E-state index contributed by atoms with van der Waals surface area (Å²) in [6.07, 6.45) is 2.05. The fourth-order valence-electron chi connectivity index (χ4n) is 6.46. The van der Waals surface area contributed by atoms with Gasteiger partial charge in [0.2, 0.25) is 11.8 Å². The lowest BCUT2D eigenvalue weighted by Crippen LogP contribution is -2.54. The van der Waals surface area contributed by atoms with Crippen LogP contribution in [0.2, 0.25) is 0 Å². The molecule has 3 saturated heterocycles. The Hall–Kier alpha value is -4.32. The van der Waals surface area contributed by atoms with E-state index in [1.165, 1.54) is 6.07 Å². The predicted molar refractivity (Wildman–Crippen MR) is 150 cm³/mol. The van der Waals surface area contributed by atoms with Crippen molar-refractivity contribution in [2.45, 2.75) is 31.7 Å². The first kappa shape index (κ1) is 27.8. The zero-order chi connectivity index (χ0) is 29.5. The highest BCUT2D eigenvalue weighted by Crippen LogP contribution is 2.32. The molecule has 0 bridgehead atoms. The zero-order valence-corrected chi connectivity index (χ0v) is 23.1. The van der Waals surface area contributed by atoms with Crippen molar-refractivity contribution < 1.29 is 33.5 Å². The minimum atomic E-state index is -1.14. The van der Waals surface area contributed by atoms with Gasteiger partial charge in [-0.1, -0.05) is 0 Å². The molecule has 42 heavy (non-hydrogen) atoms. The Morgan fingerprint density at radius 3 is 2.24 bits per heavy atom. The summed E-state index contributed by atoms with van der Waals surface area (Å²) in [7, 11) is 0. The standard InChI is InChI=1S/C30H32FN5O6/c31-23-15-19(30(41)42)1-4-24(23)35-9-7-18(8-10-35)17-33-11-13-34(14-12-33)20-2-3-21-22(16-20)29(40)36(28(21)39)25-5-6-26(37)32-27(25)38/h1-4,15-16,18,25H,5-14,17H2,(H,41,42)(H,32,37,38). The van der Waals surface area contributed by atoms with Gasteiger partial charge in [-0.25, -0.2) is 9.18 Å². The van der Waals surface area contributed by atoms with E-state index in [-0.39, 0.29) is 29.5 Å². The van der Waals surface area contributed by atoms with E-state index in [4.69, 9.17) is 5.11 Å². The number of hydrogen-bond donors (Lipinski definition) is 2. The number of carbonyl (C=O) groups excluding carboxylic acids is 4. The molecule has 4 amide bonds. The molecule has 2 aromatic carbocycles. The highest BCUT2D eigenvalue weighted by molar-refractivity contribution is 6.23. The normalized spacial score (nSPS) is 22.0. The number of benzene rings is 2. The molecule has 11 nitrogen and oxygen atoms in total. The average molecular weight is 578 g/mol. The van der Waals surface area contributed by atoms with Gasteiger partial charge in [0.1, 0.15) is 11.9 Å². The van der Waals surface area contributed by atoms with Crippen LogP contribution >= 0.6 is 0 Å². The molecule has 6 rings (SSSR count). The average Bonchev–Trinajstić information content (AvgIpc) is 3.22. The van der Waals surface area contributed by atoms with Crippen LogP contribution in [0.25, 0.3) is 0 Å². The third-order valence-corrected chi connectivity index (χ3v) is 8.83. The summed E-state index contributed by atoms with van der Waals surface area (Å²) in [6, 6.07) is 8.30. The number of imide groups is 2.